The van der Waals surface area contributed by atoms with Gasteiger partial charge in [-0.15, -0.1) is 0 Å². The Balaban J connectivity index is 2.11. The Morgan fingerprint density at radius 2 is 2.00 bits per heavy atom. The lowest BCUT2D eigenvalue weighted by atomic mass is 10.2. The summed E-state index contributed by atoms with van der Waals surface area (Å²) >= 11 is 0. The van der Waals surface area contributed by atoms with Crippen LogP contribution in [0, 0.1) is 0 Å². The average molecular weight is 291 g/mol. The van der Waals surface area contributed by atoms with E-state index in [-0.39, 0.29) is 24.7 Å². The molecule has 0 aliphatic rings. The van der Waals surface area contributed by atoms with Gasteiger partial charge >= 0.3 is 5.69 Å². The fourth-order valence-corrected chi connectivity index (χ4v) is 2.38. The molecule has 0 fully saturated rings. The summed E-state index contributed by atoms with van der Waals surface area (Å²) in [7, 11) is 1.68. The van der Waals surface area contributed by atoms with Gasteiger partial charge in [-0.05, 0) is 18.6 Å². The summed E-state index contributed by atoms with van der Waals surface area (Å²) in [5.74, 6) is -0.274. The van der Waals surface area contributed by atoms with E-state index >= 15 is 0 Å². The van der Waals surface area contributed by atoms with Crippen LogP contribution in [-0.2, 0) is 18.4 Å². The highest BCUT2D eigenvalue weighted by atomic mass is 16.3. The van der Waals surface area contributed by atoms with Gasteiger partial charge in [-0.2, -0.15) is 0 Å². The third-order valence-corrected chi connectivity index (χ3v) is 3.51. The highest BCUT2D eigenvalue weighted by Gasteiger charge is 2.13. The second kappa shape index (κ2) is 6.58. The molecule has 0 bridgehead atoms. The smallest absolute Gasteiger partial charge is 0.329 e. The Morgan fingerprint density at radius 1 is 1.33 bits per heavy atom. The van der Waals surface area contributed by atoms with Crippen LogP contribution in [0.5, 0.6) is 0 Å². The van der Waals surface area contributed by atoms with Crippen LogP contribution in [0.2, 0.25) is 0 Å². The van der Waals surface area contributed by atoms with E-state index < -0.39 is 6.10 Å². The zero-order valence-electron chi connectivity index (χ0n) is 12.4. The van der Waals surface area contributed by atoms with Gasteiger partial charge in [0.1, 0.15) is 6.54 Å². The minimum atomic E-state index is -0.539. The fraction of sp³-hybridized carbons (Fsp3) is 0.467. The topological polar surface area (TPSA) is 76.3 Å². The summed E-state index contributed by atoms with van der Waals surface area (Å²) < 4.78 is 2.96. The first-order valence-electron chi connectivity index (χ1n) is 7.13. The Labute approximate surface area is 123 Å². The van der Waals surface area contributed by atoms with Gasteiger partial charge in [-0.25, -0.2) is 4.79 Å². The van der Waals surface area contributed by atoms with Crippen molar-refractivity contribution in [1.29, 1.82) is 0 Å². The van der Waals surface area contributed by atoms with Crippen LogP contribution in [0.1, 0.15) is 19.8 Å². The number of nitrogens with one attached hydrogen (secondary N) is 1. The molecule has 0 radical (unpaired) electrons. The molecule has 0 saturated heterocycles. The maximum atomic E-state index is 12.2. The molecule has 0 aliphatic carbocycles. The quantitative estimate of drug-likeness (QED) is 0.819. The number of fused-ring (bicyclic) bond motifs is 1. The molecule has 2 aromatic rings. The Hall–Kier alpha value is -2.08. The number of carbonyl (C=O) groups is 1. The summed E-state index contributed by atoms with van der Waals surface area (Å²) in [6.45, 7) is 2.14. The second-order valence-electron chi connectivity index (χ2n) is 5.16. The lowest BCUT2D eigenvalue weighted by Gasteiger charge is -2.11. The highest BCUT2D eigenvalue weighted by Crippen LogP contribution is 2.11. The summed E-state index contributed by atoms with van der Waals surface area (Å²) in [6, 6.07) is 7.35. The zero-order chi connectivity index (χ0) is 15.4. The monoisotopic (exact) mass is 291 g/mol. The molecule has 2 rings (SSSR count). The van der Waals surface area contributed by atoms with Crippen molar-refractivity contribution in [1.82, 2.24) is 14.5 Å². The van der Waals surface area contributed by atoms with Gasteiger partial charge in [0.05, 0.1) is 17.1 Å². The standard InChI is InChI=1S/C15H21N3O3/c1-3-6-11(19)9-16-14(20)10-18-13-8-5-4-7-12(13)17(2)15(18)21/h4-5,7-8,11,19H,3,6,9-10H2,1-2H3,(H,16,20). The van der Waals surface area contributed by atoms with Crippen LogP contribution >= 0.6 is 0 Å². The lowest BCUT2D eigenvalue weighted by Crippen LogP contribution is -2.36. The summed E-state index contributed by atoms with van der Waals surface area (Å²) in [4.78, 5) is 24.1. The number of rotatable bonds is 6. The third-order valence-electron chi connectivity index (χ3n) is 3.51. The minimum Gasteiger partial charge on any atom is -0.391 e. The number of aliphatic hydroxyl groups excluding tert-OH is 1. The van der Waals surface area contributed by atoms with E-state index in [1.54, 1.807) is 7.05 Å². The number of nitrogens with zero attached hydrogens (tertiary/aromatic N) is 2. The van der Waals surface area contributed by atoms with E-state index in [9.17, 15) is 14.7 Å². The van der Waals surface area contributed by atoms with Gasteiger partial charge in [0.2, 0.25) is 5.91 Å². The van der Waals surface area contributed by atoms with E-state index in [0.29, 0.717) is 6.42 Å². The fourth-order valence-electron chi connectivity index (χ4n) is 2.38. The Bertz CT molecular complexity index is 687. The summed E-state index contributed by atoms with van der Waals surface area (Å²) in [6.07, 6.45) is 0.970. The predicted octanol–water partition coefficient (Wildman–Crippen LogP) is 0.617. The zero-order valence-corrected chi connectivity index (χ0v) is 12.4. The Kier molecular flexibility index (Phi) is 4.80. The number of hydrogen-bond acceptors (Lipinski definition) is 3. The Morgan fingerprint density at radius 3 is 2.67 bits per heavy atom. The molecule has 6 nitrogen and oxygen atoms in total. The normalized spacial score (nSPS) is 12.5. The maximum absolute atomic E-state index is 12.2. The molecule has 1 heterocycles. The van der Waals surface area contributed by atoms with Crippen molar-refractivity contribution in [3.63, 3.8) is 0 Å². The molecule has 1 aromatic heterocycles. The van der Waals surface area contributed by atoms with E-state index in [1.807, 2.05) is 31.2 Å². The number of hydrogen-bond donors (Lipinski definition) is 2. The number of aryl methyl sites for hydroxylation is 1. The number of aromatic nitrogens is 2. The van der Waals surface area contributed by atoms with Crippen molar-refractivity contribution in [3.05, 3.63) is 34.7 Å². The molecule has 2 N–H and O–H groups in total. The van der Waals surface area contributed by atoms with Crippen molar-refractivity contribution < 1.29 is 9.90 Å². The molecular formula is C15H21N3O3. The van der Waals surface area contributed by atoms with Crippen molar-refractivity contribution in [2.24, 2.45) is 7.05 Å². The van der Waals surface area contributed by atoms with Crippen molar-refractivity contribution >= 4 is 16.9 Å². The average Bonchev–Trinajstić information content (AvgIpc) is 2.71. The number of amides is 1. The first-order chi connectivity index (χ1) is 10.0. The molecule has 1 aromatic carbocycles. The lowest BCUT2D eigenvalue weighted by molar-refractivity contribution is -0.122. The van der Waals surface area contributed by atoms with Crippen molar-refractivity contribution in [3.8, 4) is 0 Å². The second-order valence-corrected chi connectivity index (χ2v) is 5.16. The number of aliphatic hydroxyl groups is 1. The summed E-state index contributed by atoms with van der Waals surface area (Å²) in [5, 5.41) is 12.3. The van der Waals surface area contributed by atoms with E-state index in [1.165, 1.54) is 9.13 Å². The number of benzene rings is 1. The molecule has 0 spiro atoms. The molecule has 1 amide bonds. The van der Waals surface area contributed by atoms with E-state index in [0.717, 1.165) is 17.5 Å². The highest BCUT2D eigenvalue weighted by molar-refractivity contribution is 5.80. The molecular weight excluding hydrogens is 270 g/mol. The first-order valence-corrected chi connectivity index (χ1v) is 7.13. The van der Waals surface area contributed by atoms with E-state index in [4.69, 9.17) is 0 Å². The third kappa shape index (κ3) is 3.33. The molecule has 6 heteroatoms. The first kappa shape index (κ1) is 15.3. The van der Waals surface area contributed by atoms with E-state index in [2.05, 4.69) is 5.32 Å². The van der Waals surface area contributed by atoms with Crippen LogP contribution in [0.25, 0.3) is 11.0 Å². The predicted molar refractivity (Wildman–Crippen MR) is 81.1 cm³/mol. The SMILES string of the molecule is CCCC(O)CNC(=O)Cn1c(=O)n(C)c2ccccc21. The van der Waals surface area contributed by atoms with Gasteiger partial charge in [0.15, 0.2) is 0 Å². The molecule has 1 atom stereocenters. The van der Waals surface area contributed by atoms with Gasteiger partial charge in [-0.3, -0.25) is 13.9 Å². The van der Waals surface area contributed by atoms with Crippen LogP contribution in [0.3, 0.4) is 0 Å². The van der Waals surface area contributed by atoms with Crippen LogP contribution < -0.4 is 11.0 Å². The van der Waals surface area contributed by atoms with Crippen molar-refractivity contribution in [2.75, 3.05) is 6.54 Å². The molecule has 21 heavy (non-hydrogen) atoms. The maximum Gasteiger partial charge on any atom is 0.329 e. The molecule has 1 unspecified atom stereocenters. The minimum absolute atomic E-state index is 0.0426. The number of carbonyl (C=O) groups excluding carboxylic acids is 1. The number of para-hydroxylation sites is 2. The van der Waals surface area contributed by atoms with Gasteiger partial charge in [0.25, 0.3) is 0 Å². The number of imidazole rings is 1. The molecule has 114 valence electrons. The van der Waals surface area contributed by atoms with Gasteiger partial charge in [-0.1, -0.05) is 25.5 Å². The summed E-state index contributed by atoms with van der Waals surface area (Å²) in [5.41, 5.74) is 1.30. The van der Waals surface area contributed by atoms with Crippen LogP contribution in [-0.4, -0.2) is 32.8 Å². The van der Waals surface area contributed by atoms with Crippen LogP contribution in [0.15, 0.2) is 29.1 Å². The molecule has 0 aliphatic heterocycles. The van der Waals surface area contributed by atoms with Crippen LogP contribution in [0.4, 0.5) is 0 Å². The molecule has 0 saturated carbocycles. The largest absolute Gasteiger partial charge is 0.391 e. The van der Waals surface area contributed by atoms with Crippen molar-refractivity contribution in [2.45, 2.75) is 32.4 Å². The van der Waals surface area contributed by atoms with Gasteiger partial charge in [0, 0.05) is 13.6 Å². The van der Waals surface area contributed by atoms with Gasteiger partial charge < -0.3 is 10.4 Å².